The minimum atomic E-state index is -0.358. The quantitative estimate of drug-likeness (QED) is 0.545. The smallest absolute Gasteiger partial charge is 0.324 e. The lowest BCUT2D eigenvalue weighted by atomic mass is 10.2. The van der Waals surface area contributed by atoms with E-state index in [-0.39, 0.29) is 24.2 Å². The summed E-state index contributed by atoms with van der Waals surface area (Å²) in [6.45, 7) is 3.36. The van der Waals surface area contributed by atoms with Crippen molar-refractivity contribution in [2.75, 3.05) is 26.7 Å². The zero-order chi connectivity index (χ0) is 12.1. The van der Waals surface area contributed by atoms with Gasteiger partial charge in [-0.15, -0.1) is 0 Å². The van der Waals surface area contributed by atoms with Gasteiger partial charge < -0.3 is 15.0 Å². The summed E-state index contributed by atoms with van der Waals surface area (Å²) in [6.07, 6.45) is 0.267. The van der Waals surface area contributed by atoms with Gasteiger partial charge in [-0.05, 0) is 6.92 Å². The molecule has 1 aliphatic rings. The first-order valence-electron chi connectivity index (χ1n) is 5.13. The van der Waals surface area contributed by atoms with Crippen LogP contribution in [-0.2, 0) is 14.3 Å². The van der Waals surface area contributed by atoms with Gasteiger partial charge in [-0.3, -0.25) is 9.59 Å². The topological polar surface area (TPSA) is 58.6 Å². The molecule has 0 radical (unpaired) electrons. The lowest BCUT2D eigenvalue weighted by Crippen LogP contribution is -2.55. The average Bonchev–Trinajstić information content (AvgIpc) is 2.27. The molecule has 1 aliphatic heterocycles. The van der Waals surface area contributed by atoms with Crippen LogP contribution in [0.3, 0.4) is 0 Å². The van der Waals surface area contributed by atoms with E-state index < -0.39 is 0 Å². The van der Waals surface area contributed by atoms with Gasteiger partial charge in [0.25, 0.3) is 0 Å². The maximum Gasteiger partial charge on any atom is 0.324 e. The zero-order valence-electron chi connectivity index (χ0n) is 9.49. The number of esters is 1. The number of hydrogen-bond acceptors (Lipinski definition) is 5. The van der Waals surface area contributed by atoms with Gasteiger partial charge in [0.05, 0.1) is 18.5 Å². The first-order chi connectivity index (χ1) is 7.54. The molecular weight excluding hydrogens is 228 g/mol. The van der Waals surface area contributed by atoms with E-state index in [1.54, 1.807) is 0 Å². The monoisotopic (exact) mass is 244 g/mol. The Morgan fingerprint density at radius 3 is 2.81 bits per heavy atom. The summed E-state index contributed by atoms with van der Waals surface area (Å²) in [4.78, 5) is 24.8. The molecule has 0 aromatic rings. The van der Waals surface area contributed by atoms with Crippen molar-refractivity contribution in [1.29, 1.82) is 0 Å². The van der Waals surface area contributed by atoms with Crippen molar-refractivity contribution >= 4 is 29.0 Å². The molecule has 1 atom stereocenters. The summed E-state index contributed by atoms with van der Waals surface area (Å²) in [7, 11) is 1.36. The number of carbonyl (C=O) groups is 2. The summed E-state index contributed by atoms with van der Waals surface area (Å²) in [5, 5.41) is 3.05. The number of hydrogen-bond donors (Lipinski definition) is 1. The molecule has 0 aromatic carbocycles. The number of thiocarbonyl (C=S) groups is 1. The lowest BCUT2D eigenvalue weighted by molar-refractivity contribution is -0.143. The van der Waals surface area contributed by atoms with Crippen LogP contribution in [0.4, 0.5) is 0 Å². The van der Waals surface area contributed by atoms with Gasteiger partial charge >= 0.3 is 5.97 Å². The van der Waals surface area contributed by atoms with Crippen molar-refractivity contribution < 1.29 is 14.3 Å². The van der Waals surface area contributed by atoms with Crippen molar-refractivity contribution in [3.63, 3.8) is 0 Å². The third-order valence-electron chi connectivity index (χ3n) is 2.41. The highest BCUT2D eigenvalue weighted by molar-refractivity contribution is 7.80. The molecule has 1 rings (SSSR count). The van der Waals surface area contributed by atoms with Crippen LogP contribution in [0.15, 0.2) is 0 Å². The Morgan fingerprint density at radius 2 is 2.25 bits per heavy atom. The summed E-state index contributed by atoms with van der Waals surface area (Å²) < 4.78 is 4.66. The number of nitrogens with zero attached hydrogens (tertiary/aromatic N) is 1. The molecule has 5 nitrogen and oxygen atoms in total. The van der Waals surface area contributed by atoms with Crippen LogP contribution in [0.2, 0.25) is 0 Å². The van der Waals surface area contributed by atoms with E-state index in [1.807, 2.05) is 4.90 Å². The van der Waals surface area contributed by atoms with E-state index in [0.29, 0.717) is 18.1 Å². The van der Waals surface area contributed by atoms with Crippen molar-refractivity contribution in [2.45, 2.75) is 19.4 Å². The Labute approximate surface area is 100 Å². The predicted octanol–water partition coefficient (Wildman–Crippen LogP) is -0.260. The Bertz CT molecular complexity index is 306. The molecule has 1 N–H and O–H groups in total. The fraction of sp³-hybridized carbons (Fsp3) is 0.700. The van der Waals surface area contributed by atoms with Crippen LogP contribution < -0.4 is 5.32 Å². The van der Waals surface area contributed by atoms with Crippen LogP contribution in [-0.4, -0.2) is 54.4 Å². The molecule has 1 fully saturated rings. The molecule has 0 aromatic heterocycles. The molecule has 6 heteroatoms. The lowest BCUT2D eigenvalue weighted by Gasteiger charge is -2.33. The first kappa shape index (κ1) is 13.1. The minimum Gasteiger partial charge on any atom is -0.468 e. The van der Waals surface area contributed by atoms with E-state index in [0.717, 1.165) is 6.54 Å². The van der Waals surface area contributed by atoms with Gasteiger partial charge in [0, 0.05) is 19.6 Å². The fourth-order valence-corrected chi connectivity index (χ4v) is 1.97. The van der Waals surface area contributed by atoms with Gasteiger partial charge in [0.2, 0.25) is 0 Å². The van der Waals surface area contributed by atoms with Gasteiger partial charge in [-0.1, -0.05) is 12.2 Å². The highest BCUT2D eigenvalue weighted by Crippen LogP contribution is 2.05. The van der Waals surface area contributed by atoms with E-state index >= 15 is 0 Å². The van der Waals surface area contributed by atoms with Gasteiger partial charge in [0.15, 0.2) is 0 Å². The normalized spacial score (nSPS) is 20.4. The van der Waals surface area contributed by atoms with Crippen molar-refractivity contribution in [3.8, 4) is 0 Å². The number of Topliss-reactive ketones (excluding diaryl/α,β-unsaturated/α-hetero) is 1. The molecule has 1 saturated heterocycles. The summed E-state index contributed by atoms with van der Waals surface area (Å²) in [5.74, 6) is -0.256. The molecule has 0 saturated carbocycles. The predicted molar refractivity (Wildman–Crippen MR) is 63.3 cm³/mol. The summed E-state index contributed by atoms with van der Waals surface area (Å²) in [5.41, 5.74) is 0. The van der Waals surface area contributed by atoms with Gasteiger partial charge in [0.1, 0.15) is 11.8 Å². The van der Waals surface area contributed by atoms with E-state index in [2.05, 4.69) is 10.1 Å². The second kappa shape index (κ2) is 5.91. The highest BCUT2D eigenvalue weighted by atomic mass is 32.1. The number of ketones is 1. The maximum atomic E-state index is 11.3. The standard InChI is InChI=1S/C10H16N2O3S/c1-7(13)5-9(16)12-4-3-11-8(6-12)10(14)15-2/h8,11H,3-6H2,1-2H3. The molecule has 0 aliphatic carbocycles. The number of carbonyl (C=O) groups excluding carboxylic acids is 2. The summed E-state index contributed by atoms with van der Waals surface area (Å²) >= 11 is 5.15. The van der Waals surface area contributed by atoms with E-state index in [1.165, 1.54) is 14.0 Å². The van der Waals surface area contributed by atoms with Crippen LogP contribution >= 0.6 is 12.2 Å². The number of ether oxygens (including phenoxy) is 1. The molecule has 1 unspecified atom stereocenters. The Morgan fingerprint density at radius 1 is 1.56 bits per heavy atom. The third-order valence-corrected chi connectivity index (χ3v) is 2.82. The third kappa shape index (κ3) is 3.53. The van der Waals surface area contributed by atoms with Gasteiger partial charge in [-0.2, -0.15) is 0 Å². The Hall–Kier alpha value is -1.01. The van der Waals surface area contributed by atoms with Crippen LogP contribution in [0.25, 0.3) is 0 Å². The number of rotatable bonds is 3. The second-order valence-corrected chi connectivity index (χ2v) is 4.22. The maximum absolute atomic E-state index is 11.3. The van der Waals surface area contributed by atoms with Crippen molar-refractivity contribution in [2.24, 2.45) is 0 Å². The van der Waals surface area contributed by atoms with E-state index in [9.17, 15) is 9.59 Å². The Balaban J connectivity index is 2.53. The number of piperazine rings is 1. The molecule has 0 bridgehead atoms. The van der Waals surface area contributed by atoms with Crippen LogP contribution in [0.5, 0.6) is 0 Å². The SMILES string of the molecule is COC(=O)C1CN(C(=S)CC(C)=O)CCN1. The molecule has 16 heavy (non-hydrogen) atoms. The van der Waals surface area contributed by atoms with Crippen molar-refractivity contribution in [3.05, 3.63) is 0 Å². The largest absolute Gasteiger partial charge is 0.468 e. The van der Waals surface area contributed by atoms with Crippen LogP contribution in [0.1, 0.15) is 13.3 Å². The number of methoxy groups -OCH3 is 1. The highest BCUT2D eigenvalue weighted by Gasteiger charge is 2.27. The molecular formula is C10H16N2O3S. The van der Waals surface area contributed by atoms with E-state index in [4.69, 9.17) is 12.2 Å². The molecule has 0 spiro atoms. The van der Waals surface area contributed by atoms with Gasteiger partial charge in [-0.25, -0.2) is 0 Å². The molecule has 0 amide bonds. The summed E-state index contributed by atoms with van der Waals surface area (Å²) in [6, 6.07) is -0.358. The molecule has 1 heterocycles. The minimum absolute atomic E-state index is 0.0400. The zero-order valence-corrected chi connectivity index (χ0v) is 10.3. The first-order valence-corrected chi connectivity index (χ1v) is 5.54. The fourth-order valence-electron chi connectivity index (χ4n) is 1.60. The van der Waals surface area contributed by atoms with Crippen molar-refractivity contribution in [1.82, 2.24) is 10.2 Å². The second-order valence-electron chi connectivity index (χ2n) is 3.75. The van der Waals surface area contributed by atoms with Crippen LogP contribution in [0, 0.1) is 0 Å². The Kier molecular flexibility index (Phi) is 4.82. The molecule has 90 valence electrons. The number of nitrogens with one attached hydrogen (secondary N) is 1. The average molecular weight is 244 g/mol.